The zero-order valence-corrected chi connectivity index (χ0v) is 19.6. The van der Waals surface area contributed by atoms with Gasteiger partial charge in [-0.1, -0.05) is 6.07 Å². The van der Waals surface area contributed by atoms with Crippen LogP contribution in [0.25, 0.3) is 10.9 Å². The van der Waals surface area contributed by atoms with E-state index >= 15 is 0 Å². The van der Waals surface area contributed by atoms with Gasteiger partial charge in [-0.3, -0.25) is 14.3 Å². The SMILES string of the molecule is Cc1cc(=O)[nH]c2ccc(NC(=O)c3cc(CCc4cnn(C)c4)ccc3N3CCCC3)cc12. The number of aryl methyl sites for hydroxylation is 4. The van der Waals surface area contributed by atoms with Crippen molar-refractivity contribution >= 4 is 28.2 Å². The number of H-pyrrole nitrogens is 1. The molecular formula is C27H29N5O2. The van der Waals surface area contributed by atoms with Gasteiger partial charge in [-0.15, -0.1) is 0 Å². The molecule has 174 valence electrons. The highest BCUT2D eigenvalue weighted by Gasteiger charge is 2.20. The van der Waals surface area contributed by atoms with E-state index in [-0.39, 0.29) is 11.5 Å². The lowest BCUT2D eigenvalue weighted by Crippen LogP contribution is -2.23. The molecule has 2 aromatic heterocycles. The Labute approximate surface area is 198 Å². The van der Waals surface area contributed by atoms with Gasteiger partial charge in [0.05, 0.1) is 11.8 Å². The Morgan fingerprint density at radius 2 is 1.85 bits per heavy atom. The van der Waals surface area contributed by atoms with Gasteiger partial charge in [0.2, 0.25) is 5.56 Å². The number of amides is 1. The molecule has 7 heteroatoms. The maximum absolute atomic E-state index is 13.5. The fourth-order valence-corrected chi connectivity index (χ4v) is 4.74. The topological polar surface area (TPSA) is 83.0 Å². The van der Waals surface area contributed by atoms with E-state index in [1.165, 1.54) is 5.56 Å². The molecule has 0 unspecified atom stereocenters. The van der Waals surface area contributed by atoms with Crippen LogP contribution in [0.3, 0.4) is 0 Å². The molecule has 0 atom stereocenters. The van der Waals surface area contributed by atoms with Crippen molar-refractivity contribution in [2.24, 2.45) is 7.05 Å². The van der Waals surface area contributed by atoms with Crippen LogP contribution < -0.4 is 15.8 Å². The largest absolute Gasteiger partial charge is 0.371 e. The van der Waals surface area contributed by atoms with E-state index in [9.17, 15) is 9.59 Å². The Balaban J connectivity index is 1.43. The van der Waals surface area contributed by atoms with E-state index in [1.54, 1.807) is 6.07 Å². The molecule has 1 fully saturated rings. The summed E-state index contributed by atoms with van der Waals surface area (Å²) < 4.78 is 1.81. The van der Waals surface area contributed by atoms with Gasteiger partial charge in [0.25, 0.3) is 5.91 Å². The minimum absolute atomic E-state index is 0.119. The summed E-state index contributed by atoms with van der Waals surface area (Å²) in [7, 11) is 1.92. The molecule has 2 N–H and O–H groups in total. The molecule has 7 nitrogen and oxygen atoms in total. The summed E-state index contributed by atoms with van der Waals surface area (Å²) >= 11 is 0. The minimum Gasteiger partial charge on any atom is -0.371 e. The third-order valence-corrected chi connectivity index (χ3v) is 6.52. The maximum atomic E-state index is 13.5. The first kappa shape index (κ1) is 21.9. The molecule has 34 heavy (non-hydrogen) atoms. The van der Waals surface area contributed by atoms with Gasteiger partial charge < -0.3 is 15.2 Å². The minimum atomic E-state index is -0.125. The standard InChI is InChI=1S/C27H29N5O2/c1-18-13-26(33)30-24-9-8-21(15-22(18)24)29-27(34)23-14-19(5-6-20-16-28-31(2)17-20)7-10-25(23)32-11-3-4-12-32/h7-10,13-17H,3-6,11-12H2,1-2H3,(H,29,34)(H,30,33). The molecular weight excluding hydrogens is 426 g/mol. The quantitative estimate of drug-likeness (QED) is 0.456. The summed E-state index contributed by atoms with van der Waals surface area (Å²) in [6.45, 7) is 3.84. The Morgan fingerprint density at radius 3 is 2.62 bits per heavy atom. The van der Waals surface area contributed by atoms with Crippen LogP contribution in [0, 0.1) is 6.92 Å². The third-order valence-electron chi connectivity index (χ3n) is 6.52. The van der Waals surface area contributed by atoms with Crippen LogP contribution in [-0.4, -0.2) is 33.8 Å². The molecule has 5 rings (SSSR count). The van der Waals surface area contributed by atoms with Crippen LogP contribution in [0.1, 0.15) is 39.9 Å². The molecule has 0 spiro atoms. The van der Waals surface area contributed by atoms with E-state index < -0.39 is 0 Å². The number of benzene rings is 2. The first-order chi connectivity index (χ1) is 16.5. The highest BCUT2D eigenvalue weighted by Crippen LogP contribution is 2.28. The summed E-state index contributed by atoms with van der Waals surface area (Å²) in [5.41, 5.74) is 6.22. The molecule has 4 aromatic rings. The Kier molecular flexibility index (Phi) is 5.92. The van der Waals surface area contributed by atoms with Gasteiger partial charge >= 0.3 is 0 Å². The second kappa shape index (κ2) is 9.17. The van der Waals surface area contributed by atoms with Crippen molar-refractivity contribution in [1.82, 2.24) is 14.8 Å². The van der Waals surface area contributed by atoms with Crippen LogP contribution in [0.2, 0.25) is 0 Å². The number of pyridine rings is 1. The smallest absolute Gasteiger partial charge is 0.257 e. The fourth-order valence-electron chi connectivity index (χ4n) is 4.74. The highest BCUT2D eigenvalue weighted by atomic mass is 16.1. The van der Waals surface area contributed by atoms with Gasteiger partial charge in [0.15, 0.2) is 0 Å². The number of aromatic amines is 1. The second-order valence-corrected chi connectivity index (χ2v) is 9.10. The van der Waals surface area contributed by atoms with E-state index in [1.807, 2.05) is 55.3 Å². The van der Waals surface area contributed by atoms with Crippen LogP contribution in [0.4, 0.5) is 11.4 Å². The summed E-state index contributed by atoms with van der Waals surface area (Å²) in [6, 6.07) is 13.4. The summed E-state index contributed by atoms with van der Waals surface area (Å²) in [6.07, 6.45) is 7.93. The van der Waals surface area contributed by atoms with E-state index in [0.717, 1.165) is 66.5 Å². The van der Waals surface area contributed by atoms with Crippen LogP contribution in [-0.2, 0) is 19.9 Å². The number of rotatable bonds is 6. The lowest BCUT2D eigenvalue weighted by atomic mass is 10.0. The van der Waals surface area contributed by atoms with Gasteiger partial charge in [0.1, 0.15) is 0 Å². The summed E-state index contributed by atoms with van der Waals surface area (Å²) in [5, 5.41) is 8.26. The molecule has 2 aromatic carbocycles. The predicted molar refractivity (Wildman–Crippen MR) is 136 cm³/mol. The van der Waals surface area contributed by atoms with Crippen molar-refractivity contribution in [2.75, 3.05) is 23.3 Å². The van der Waals surface area contributed by atoms with Crippen molar-refractivity contribution in [1.29, 1.82) is 0 Å². The van der Waals surface area contributed by atoms with Crippen molar-refractivity contribution in [3.8, 4) is 0 Å². The number of aromatic nitrogens is 3. The predicted octanol–water partition coefficient (Wildman–Crippen LogP) is 4.21. The molecule has 3 heterocycles. The number of nitrogens with one attached hydrogen (secondary N) is 2. The lowest BCUT2D eigenvalue weighted by molar-refractivity contribution is 0.102. The van der Waals surface area contributed by atoms with Gasteiger partial charge in [-0.25, -0.2) is 0 Å². The number of carbonyl (C=O) groups excluding carboxylic acids is 1. The number of nitrogens with zero attached hydrogens (tertiary/aromatic N) is 3. The zero-order valence-electron chi connectivity index (χ0n) is 19.6. The first-order valence-electron chi connectivity index (χ1n) is 11.8. The molecule has 1 saturated heterocycles. The first-order valence-corrected chi connectivity index (χ1v) is 11.8. The number of hydrogen-bond donors (Lipinski definition) is 2. The molecule has 0 radical (unpaired) electrons. The molecule has 1 amide bonds. The van der Waals surface area contributed by atoms with E-state index in [4.69, 9.17) is 0 Å². The normalized spacial score (nSPS) is 13.5. The number of anilines is 2. The Bertz CT molecular complexity index is 1410. The molecule has 1 aliphatic heterocycles. The number of hydrogen-bond acceptors (Lipinski definition) is 4. The fraction of sp³-hybridized carbons (Fsp3) is 0.296. The van der Waals surface area contributed by atoms with E-state index in [0.29, 0.717) is 11.3 Å². The van der Waals surface area contributed by atoms with Gasteiger partial charge in [-0.2, -0.15) is 5.10 Å². The highest BCUT2D eigenvalue weighted by molar-refractivity contribution is 6.09. The van der Waals surface area contributed by atoms with E-state index in [2.05, 4.69) is 32.4 Å². The van der Waals surface area contributed by atoms with Crippen molar-refractivity contribution in [3.05, 3.63) is 87.5 Å². The Hall–Kier alpha value is -3.87. The monoisotopic (exact) mass is 455 g/mol. The molecule has 0 bridgehead atoms. The van der Waals surface area contributed by atoms with Crippen LogP contribution in [0.5, 0.6) is 0 Å². The van der Waals surface area contributed by atoms with Crippen molar-refractivity contribution in [3.63, 3.8) is 0 Å². The van der Waals surface area contributed by atoms with Gasteiger partial charge in [0, 0.05) is 54.7 Å². The average molecular weight is 456 g/mol. The van der Waals surface area contributed by atoms with Crippen molar-refractivity contribution in [2.45, 2.75) is 32.6 Å². The third kappa shape index (κ3) is 4.59. The Morgan fingerprint density at radius 1 is 1.06 bits per heavy atom. The zero-order chi connectivity index (χ0) is 23.7. The van der Waals surface area contributed by atoms with Crippen LogP contribution >= 0.6 is 0 Å². The maximum Gasteiger partial charge on any atom is 0.257 e. The summed E-state index contributed by atoms with van der Waals surface area (Å²) in [5.74, 6) is -0.119. The second-order valence-electron chi connectivity index (χ2n) is 9.10. The number of fused-ring (bicyclic) bond motifs is 1. The van der Waals surface area contributed by atoms with Crippen molar-refractivity contribution < 1.29 is 4.79 Å². The molecule has 1 aliphatic rings. The average Bonchev–Trinajstić information content (AvgIpc) is 3.50. The number of carbonyl (C=O) groups is 1. The molecule has 0 saturated carbocycles. The van der Waals surface area contributed by atoms with Gasteiger partial charge in [-0.05, 0) is 79.6 Å². The van der Waals surface area contributed by atoms with Crippen LogP contribution in [0.15, 0.2) is 59.7 Å². The summed E-state index contributed by atoms with van der Waals surface area (Å²) in [4.78, 5) is 30.4. The molecule has 0 aliphatic carbocycles. The lowest BCUT2D eigenvalue weighted by Gasteiger charge is -2.22.